The molecule has 244 valence electrons. The summed E-state index contributed by atoms with van der Waals surface area (Å²) < 4.78 is 43.0. The Morgan fingerprint density at radius 1 is 0.830 bits per heavy atom. The van der Waals surface area contributed by atoms with Crippen LogP contribution in [0.1, 0.15) is 36.8 Å². The fourth-order valence-electron chi connectivity index (χ4n) is 7.09. The Hall–Kier alpha value is -4.41. The van der Waals surface area contributed by atoms with E-state index in [0.29, 0.717) is 25.0 Å². The van der Waals surface area contributed by atoms with Gasteiger partial charge in [0, 0.05) is 37.0 Å². The highest BCUT2D eigenvalue weighted by Crippen LogP contribution is 2.49. The Balaban J connectivity index is 1.13. The summed E-state index contributed by atoms with van der Waals surface area (Å²) in [5.74, 6) is 1.25. The molecule has 0 amide bonds. The number of para-hydroxylation sites is 1. The molecule has 7 rings (SSSR count). The second kappa shape index (κ2) is 13.0. The van der Waals surface area contributed by atoms with E-state index in [4.69, 9.17) is 23.7 Å². The van der Waals surface area contributed by atoms with Crippen LogP contribution in [-0.2, 0) is 34.6 Å². The van der Waals surface area contributed by atoms with E-state index in [0.717, 1.165) is 77.7 Å². The van der Waals surface area contributed by atoms with E-state index in [-0.39, 0.29) is 17.1 Å². The molecule has 1 saturated carbocycles. The average Bonchev–Trinajstić information content (AvgIpc) is 3.43. The summed E-state index contributed by atoms with van der Waals surface area (Å²) in [5.41, 5.74) is 6.18. The number of hydrogen-bond donors (Lipinski definition) is 0. The van der Waals surface area contributed by atoms with Gasteiger partial charge in [-0.05, 0) is 54.9 Å². The Labute approximate surface area is 276 Å². The second-order valence-electron chi connectivity index (χ2n) is 12.9. The van der Waals surface area contributed by atoms with Gasteiger partial charge in [0.05, 0.1) is 29.6 Å². The van der Waals surface area contributed by atoms with Gasteiger partial charge < -0.3 is 14.4 Å². The number of benzene rings is 3. The summed E-state index contributed by atoms with van der Waals surface area (Å²) in [4.78, 5) is 7.26. The quantitative estimate of drug-likeness (QED) is 0.144. The topological polar surface area (TPSA) is 95.8 Å². The smallest absolute Gasteiger partial charge is 0.267 e. The van der Waals surface area contributed by atoms with Crippen LogP contribution in [0.4, 0.5) is 5.69 Å². The predicted octanol–water partition coefficient (Wildman–Crippen LogP) is 6.77. The van der Waals surface area contributed by atoms with Gasteiger partial charge in [-0.15, -0.1) is 0 Å². The second-order valence-corrected chi connectivity index (χ2v) is 14.7. The number of anilines is 1. The summed E-state index contributed by atoms with van der Waals surface area (Å²) in [6.45, 7) is 2.69. The molecule has 0 N–H and O–H groups in total. The Bertz CT molecular complexity index is 1950. The zero-order valence-corrected chi connectivity index (χ0v) is 27.7. The van der Waals surface area contributed by atoms with Crippen LogP contribution in [0, 0.1) is 11.3 Å². The van der Waals surface area contributed by atoms with Crippen LogP contribution >= 0.6 is 0 Å². The van der Waals surface area contributed by atoms with E-state index >= 15 is 0 Å². The molecule has 5 aromatic rings. The van der Waals surface area contributed by atoms with Crippen LogP contribution in [0.3, 0.4) is 0 Å². The Morgan fingerprint density at radius 2 is 1.49 bits per heavy atom. The first-order valence-electron chi connectivity index (χ1n) is 16.2. The summed E-state index contributed by atoms with van der Waals surface area (Å²) in [6, 6.07) is 30.3. The van der Waals surface area contributed by atoms with E-state index in [1.54, 1.807) is 0 Å². The minimum Gasteiger partial charge on any atom is -0.473 e. The molecule has 2 fully saturated rings. The van der Waals surface area contributed by atoms with E-state index in [1.807, 2.05) is 84.5 Å². The number of hydrogen-bond acceptors (Lipinski definition) is 8. The number of ether oxygens (including phenoxy) is 2. The minimum absolute atomic E-state index is 0.117. The number of aryl methyl sites for hydroxylation is 1. The summed E-state index contributed by atoms with van der Waals surface area (Å²) >= 11 is 0. The molecule has 2 aliphatic rings. The van der Waals surface area contributed by atoms with Gasteiger partial charge in [-0.25, -0.2) is 0 Å². The first-order valence-corrected chi connectivity index (χ1v) is 17.7. The van der Waals surface area contributed by atoms with Gasteiger partial charge in [0.2, 0.25) is 11.8 Å². The molecule has 1 aliphatic carbocycles. The van der Waals surface area contributed by atoms with E-state index < -0.39 is 10.1 Å². The van der Waals surface area contributed by atoms with Crippen LogP contribution in [0.15, 0.2) is 91.0 Å². The lowest BCUT2D eigenvalue weighted by Gasteiger charge is -2.54. The number of pyridine rings is 1. The zero-order chi connectivity index (χ0) is 32.4. The maximum atomic E-state index is 12.0. The highest BCUT2D eigenvalue weighted by Gasteiger charge is 2.46. The van der Waals surface area contributed by atoms with Gasteiger partial charge >= 0.3 is 0 Å². The normalized spacial score (nSPS) is 16.3. The molecule has 3 aromatic carbocycles. The van der Waals surface area contributed by atoms with Crippen molar-refractivity contribution in [3.63, 3.8) is 0 Å². The minimum atomic E-state index is -3.43. The molecule has 0 unspecified atom stereocenters. The van der Waals surface area contributed by atoms with Crippen molar-refractivity contribution < 1.29 is 22.1 Å². The summed E-state index contributed by atoms with van der Waals surface area (Å²) in [6.07, 6.45) is 3.90. The molecule has 2 aromatic heterocycles. The van der Waals surface area contributed by atoms with Gasteiger partial charge in [0.25, 0.3) is 10.1 Å². The number of fused-ring (bicyclic) bond motifs is 1. The lowest BCUT2D eigenvalue weighted by molar-refractivity contribution is 0.115. The molecule has 0 radical (unpaired) electrons. The van der Waals surface area contributed by atoms with E-state index in [1.165, 1.54) is 7.11 Å². The Kier molecular flexibility index (Phi) is 8.63. The van der Waals surface area contributed by atoms with E-state index in [2.05, 4.69) is 23.1 Å². The van der Waals surface area contributed by atoms with Gasteiger partial charge in [-0.2, -0.15) is 18.5 Å². The van der Waals surface area contributed by atoms with Gasteiger partial charge in [-0.3, -0.25) is 8.86 Å². The third-order valence-electron chi connectivity index (χ3n) is 9.63. The highest BCUT2D eigenvalue weighted by atomic mass is 32.2. The SMILES string of the molecule is COS(=O)(=O)CC1CCC2(CC1)CN(c1cccc3c(-c4ccc(OCc5ccccc5)nc4OCc4ccccc4)nn(C)c13)C2. The first-order chi connectivity index (χ1) is 22.8. The largest absolute Gasteiger partial charge is 0.473 e. The molecular formula is C37H40N4O5S. The first kappa shape index (κ1) is 31.2. The molecule has 0 atom stereocenters. The van der Waals surface area contributed by atoms with Crippen LogP contribution < -0.4 is 14.4 Å². The lowest BCUT2D eigenvalue weighted by atomic mass is 9.66. The molecule has 47 heavy (non-hydrogen) atoms. The van der Waals surface area contributed by atoms with Gasteiger partial charge in [-0.1, -0.05) is 72.8 Å². The number of rotatable bonds is 11. The molecule has 9 nitrogen and oxygen atoms in total. The van der Waals surface area contributed by atoms with Crippen molar-refractivity contribution in [3.8, 4) is 23.0 Å². The lowest BCUT2D eigenvalue weighted by Crippen LogP contribution is -2.58. The zero-order valence-electron chi connectivity index (χ0n) is 26.8. The molecule has 1 saturated heterocycles. The molecule has 0 bridgehead atoms. The maximum absolute atomic E-state index is 12.0. The standard InChI is InChI=1S/C37H40N4O5S/c1-40-35-30(14-9-15-32(35)41-25-37(26-41)20-18-29(19-21-37)24-47(42,43)44-2)34(39-40)31-16-17-33(45-22-27-10-5-3-6-11-27)38-36(31)46-23-28-12-7-4-8-13-28/h3-17,29H,18-26H2,1-2H3. The van der Waals surface area contributed by atoms with Gasteiger partial charge in [0.1, 0.15) is 18.9 Å². The van der Waals surface area contributed by atoms with Crippen molar-refractivity contribution in [2.75, 3.05) is 30.9 Å². The predicted molar refractivity (Wildman–Crippen MR) is 183 cm³/mol. The highest BCUT2D eigenvalue weighted by molar-refractivity contribution is 7.86. The fourth-order valence-corrected chi connectivity index (χ4v) is 8.13. The third-order valence-corrected chi connectivity index (χ3v) is 11.0. The van der Waals surface area contributed by atoms with Crippen LogP contribution in [0.2, 0.25) is 0 Å². The van der Waals surface area contributed by atoms with E-state index in [9.17, 15) is 8.42 Å². The van der Waals surface area contributed by atoms with Crippen molar-refractivity contribution in [2.24, 2.45) is 18.4 Å². The fraction of sp³-hybridized carbons (Fsp3) is 0.351. The van der Waals surface area contributed by atoms with Gasteiger partial charge in [0.15, 0.2) is 0 Å². The van der Waals surface area contributed by atoms with Crippen molar-refractivity contribution in [2.45, 2.75) is 38.9 Å². The monoisotopic (exact) mass is 652 g/mol. The molecule has 1 aliphatic heterocycles. The average molecular weight is 653 g/mol. The van der Waals surface area contributed by atoms with Crippen molar-refractivity contribution in [1.29, 1.82) is 0 Å². The summed E-state index contributed by atoms with van der Waals surface area (Å²) in [5, 5.41) is 6.05. The van der Waals surface area contributed by atoms with Crippen LogP contribution in [0.25, 0.3) is 22.2 Å². The number of aromatic nitrogens is 3. The Morgan fingerprint density at radius 3 is 2.15 bits per heavy atom. The molecular weight excluding hydrogens is 612 g/mol. The van der Waals surface area contributed by atoms with Crippen molar-refractivity contribution in [1.82, 2.24) is 14.8 Å². The summed E-state index contributed by atoms with van der Waals surface area (Å²) in [7, 11) is -0.190. The third kappa shape index (κ3) is 6.71. The number of nitrogens with zero attached hydrogens (tertiary/aromatic N) is 4. The molecule has 1 spiro atoms. The van der Waals surface area contributed by atoms with Crippen molar-refractivity contribution >= 4 is 26.7 Å². The van der Waals surface area contributed by atoms with Crippen LogP contribution in [-0.4, -0.2) is 49.1 Å². The maximum Gasteiger partial charge on any atom is 0.267 e. The molecule has 10 heteroatoms. The van der Waals surface area contributed by atoms with Crippen LogP contribution in [0.5, 0.6) is 11.8 Å². The van der Waals surface area contributed by atoms with Crippen molar-refractivity contribution in [3.05, 3.63) is 102 Å². The molecule has 3 heterocycles.